The molecular weight excluding hydrogens is 434 g/mol. The first-order valence-electron chi connectivity index (χ1n) is 11.0. The van der Waals surface area contributed by atoms with Crippen LogP contribution >= 0.6 is 0 Å². The Hall–Kier alpha value is -4.14. The molecule has 0 spiro atoms. The quantitative estimate of drug-likeness (QED) is 0.476. The lowest BCUT2D eigenvalue weighted by Gasteiger charge is -2.20. The molecule has 3 heterocycles. The number of benzene rings is 2. The summed E-state index contributed by atoms with van der Waals surface area (Å²) in [4.78, 5) is 35.3. The van der Waals surface area contributed by atoms with E-state index in [4.69, 9.17) is 9.47 Å². The van der Waals surface area contributed by atoms with Gasteiger partial charge in [0.15, 0.2) is 0 Å². The first-order valence-corrected chi connectivity index (χ1v) is 11.0. The minimum Gasteiger partial charge on any atom is -0.497 e. The number of ether oxygens (including phenoxy) is 2. The molecule has 2 aromatic carbocycles. The Labute approximate surface area is 196 Å². The molecular formula is C25H25N5O4. The van der Waals surface area contributed by atoms with Gasteiger partial charge in [-0.25, -0.2) is 9.97 Å². The van der Waals surface area contributed by atoms with Crippen LogP contribution in [0.1, 0.15) is 40.0 Å². The van der Waals surface area contributed by atoms with Crippen LogP contribution in [0.4, 0.5) is 0 Å². The lowest BCUT2D eigenvalue weighted by Crippen LogP contribution is -2.31. The number of imidazole rings is 1. The minimum absolute atomic E-state index is 0.0566. The summed E-state index contributed by atoms with van der Waals surface area (Å²) in [5.41, 5.74) is 1.64. The van der Waals surface area contributed by atoms with E-state index in [0.717, 1.165) is 24.2 Å². The van der Waals surface area contributed by atoms with E-state index in [1.54, 1.807) is 49.2 Å². The van der Waals surface area contributed by atoms with Gasteiger partial charge in [-0.2, -0.15) is 0 Å². The fourth-order valence-electron chi connectivity index (χ4n) is 4.39. The zero-order chi connectivity index (χ0) is 23.8. The molecule has 2 aromatic heterocycles. The van der Waals surface area contributed by atoms with Crippen molar-refractivity contribution in [3.8, 4) is 11.5 Å². The van der Waals surface area contributed by atoms with E-state index in [-0.39, 0.29) is 11.5 Å². The molecule has 1 aliphatic heterocycles. The molecule has 0 fully saturated rings. The van der Waals surface area contributed by atoms with Crippen LogP contribution in [-0.4, -0.2) is 39.2 Å². The molecule has 0 aliphatic carbocycles. The van der Waals surface area contributed by atoms with Crippen LogP contribution in [0.15, 0.2) is 53.6 Å². The molecule has 0 unspecified atom stereocenters. The van der Waals surface area contributed by atoms with Crippen molar-refractivity contribution in [2.24, 2.45) is 7.05 Å². The van der Waals surface area contributed by atoms with E-state index in [9.17, 15) is 9.59 Å². The summed E-state index contributed by atoms with van der Waals surface area (Å²) in [6, 6.07) is 9.90. The van der Waals surface area contributed by atoms with Crippen LogP contribution in [0.3, 0.4) is 0 Å². The van der Waals surface area contributed by atoms with E-state index >= 15 is 0 Å². The van der Waals surface area contributed by atoms with Crippen LogP contribution in [0, 0.1) is 0 Å². The van der Waals surface area contributed by atoms with Crippen LogP contribution in [0.2, 0.25) is 0 Å². The molecule has 1 aliphatic rings. The third-order valence-corrected chi connectivity index (χ3v) is 6.18. The van der Waals surface area contributed by atoms with E-state index < -0.39 is 6.04 Å². The summed E-state index contributed by atoms with van der Waals surface area (Å²) in [5.74, 6) is 2.32. The van der Waals surface area contributed by atoms with Crippen molar-refractivity contribution in [1.29, 1.82) is 0 Å². The molecule has 9 nitrogen and oxygen atoms in total. The molecule has 34 heavy (non-hydrogen) atoms. The first kappa shape index (κ1) is 21.7. The molecule has 1 atom stereocenters. The van der Waals surface area contributed by atoms with Crippen LogP contribution < -0.4 is 20.3 Å². The Balaban J connectivity index is 1.54. The van der Waals surface area contributed by atoms with Crippen molar-refractivity contribution >= 4 is 16.8 Å². The normalized spacial score (nSPS) is 13.5. The topological polar surface area (TPSA) is 100 Å². The van der Waals surface area contributed by atoms with E-state index in [1.807, 2.05) is 29.9 Å². The molecule has 0 saturated heterocycles. The smallest absolute Gasteiger partial charge is 0.261 e. The number of nitrogens with one attached hydrogen (secondary N) is 1. The summed E-state index contributed by atoms with van der Waals surface area (Å²) < 4.78 is 14.4. The third-order valence-electron chi connectivity index (χ3n) is 6.18. The number of nitrogens with zero attached hydrogens (tertiary/aromatic N) is 4. The van der Waals surface area contributed by atoms with Crippen molar-refractivity contribution in [3.05, 3.63) is 81.9 Å². The van der Waals surface area contributed by atoms with Gasteiger partial charge in [0, 0.05) is 44.0 Å². The molecule has 1 amide bonds. The SMILES string of the molecule is COc1cc(OC)cc([C@@H](NC(=O)c2ccc3c(=O)n4c(nc3c2)CCC4)c2nccn2C)c1. The van der Waals surface area contributed by atoms with Gasteiger partial charge < -0.3 is 19.4 Å². The van der Waals surface area contributed by atoms with Crippen molar-refractivity contribution in [1.82, 2.24) is 24.4 Å². The molecule has 9 heteroatoms. The second-order valence-corrected chi connectivity index (χ2v) is 8.27. The Morgan fingerprint density at radius 3 is 2.56 bits per heavy atom. The van der Waals surface area contributed by atoms with Crippen molar-refractivity contribution in [3.63, 3.8) is 0 Å². The van der Waals surface area contributed by atoms with Gasteiger partial charge in [-0.15, -0.1) is 0 Å². The number of aryl methyl sites for hydroxylation is 2. The summed E-state index contributed by atoms with van der Waals surface area (Å²) in [6.07, 6.45) is 5.17. The molecule has 4 aromatic rings. The average Bonchev–Trinajstić information content (AvgIpc) is 3.50. The number of fused-ring (bicyclic) bond motifs is 2. The highest BCUT2D eigenvalue weighted by Crippen LogP contribution is 2.30. The summed E-state index contributed by atoms with van der Waals surface area (Å²) >= 11 is 0. The van der Waals surface area contributed by atoms with Gasteiger partial charge in [0.25, 0.3) is 11.5 Å². The number of aromatic nitrogens is 4. The summed E-state index contributed by atoms with van der Waals surface area (Å²) in [5, 5.41) is 3.60. The zero-order valence-electron chi connectivity index (χ0n) is 19.2. The van der Waals surface area contributed by atoms with E-state index in [0.29, 0.717) is 40.3 Å². The summed E-state index contributed by atoms with van der Waals surface area (Å²) in [6.45, 7) is 0.689. The fraction of sp³-hybridized carbons (Fsp3) is 0.280. The molecule has 0 bridgehead atoms. The summed E-state index contributed by atoms with van der Waals surface area (Å²) in [7, 11) is 5.02. The number of rotatable bonds is 6. The third kappa shape index (κ3) is 3.79. The van der Waals surface area contributed by atoms with Gasteiger partial charge in [-0.05, 0) is 42.3 Å². The predicted octanol–water partition coefficient (Wildman–Crippen LogP) is 2.61. The Kier molecular flexibility index (Phi) is 5.53. The first-order chi connectivity index (χ1) is 16.5. The van der Waals surface area contributed by atoms with Gasteiger partial charge in [-0.3, -0.25) is 14.2 Å². The highest BCUT2D eigenvalue weighted by molar-refractivity contribution is 5.98. The van der Waals surface area contributed by atoms with Crippen molar-refractivity contribution < 1.29 is 14.3 Å². The highest BCUT2D eigenvalue weighted by Gasteiger charge is 2.24. The molecule has 1 N–H and O–H groups in total. The maximum atomic E-state index is 13.4. The van der Waals surface area contributed by atoms with Gasteiger partial charge in [0.1, 0.15) is 29.2 Å². The average molecular weight is 460 g/mol. The number of hydrogen-bond acceptors (Lipinski definition) is 6. The molecule has 5 rings (SSSR count). The number of carbonyl (C=O) groups excluding carboxylic acids is 1. The minimum atomic E-state index is -0.564. The van der Waals surface area contributed by atoms with Gasteiger partial charge in [0.05, 0.1) is 25.1 Å². The molecule has 0 radical (unpaired) electrons. The highest BCUT2D eigenvalue weighted by atomic mass is 16.5. The van der Waals surface area contributed by atoms with E-state index in [2.05, 4.69) is 15.3 Å². The standard InChI is InChI=1S/C25H25N5O4/c1-29-10-8-26-23(29)22(16-11-17(33-2)14-18(12-16)34-3)28-24(31)15-6-7-19-20(13-15)27-21-5-4-9-30(21)25(19)32/h6-8,10-14,22H,4-5,9H2,1-3H3,(H,28,31)/t22-/m1/s1. The van der Waals surface area contributed by atoms with Crippen LogP contribution in [-0.2, 0) is 20.0 Å². The van der Waals surface area contributed by atoms with Gasteiger partial charge in [-0.1, -0.05) is 0 Å². The number of amides is 1. The van der Waals surface area contributed by atoms with Gasteiger partial charge in [0.2, 0.25) is 0 Å². The Morgan fingerprint density at radius 1 is 1.12 bits per heavy atom. The number of methoxy groups -OCH3 is 2. The maximum absolute atomic E-state index is 13.4. The second-order valence-electron chi connectivity index (χ2n) is 8.27. The van der Waals surface area contributed by atoms with Crippen LogP contribution in [0.25, 0.3) is 10.9 Å². The van der Waals surface area contributed by atoms with Gasteiger partial charge >= 0.3 is 0 Å². The monoisotopic (exact) mass is 459 g/mol. The van der Waals surface area contributed by atoms with Crippen molar-refractivity contribution in [2.75, 3.05) is 14.2 Å². The number of hydrogen-bond donors (Lipinski definition) is 1. The van der Waals surface area contributed by atoms with Crippen molar-refractivity contribution in [2.45, 2.75) is 25.4 Å². The Bertz CT molecular complexity index is 1430. The predicted molar refractivity (Wildman–Crippen MR) is 126 cm³/mol. The lowest BCUT2D eigenvalue weighted by molar-refractivity contribution is 0.0941. The second kappa shape index (κ2) is 8.66. The maximum Gasteiger partial charge on any atom is 0.261 e. The van der Waals surface area contributed by atoms with Crippen LogP contribution in [0.5, 0.6) is 11.5 Å². The largest absolute Gasteiger partial charge is 0.497 e. The zero-order valence-corrected chi connectivity index (χ0v) is 19.2. The van der Waals surface area contributed by atoms with E-state index in [1.165, 1.54) is 0 Å². The number of carbonyl (C=O) groups is 1. The lowest BCUT2D eigenvalue weighted by atomic mass is 10.0. The molecule has 174 valence electrons. The molecule has 0 saturated carbocycles. The fourth-order valence-corrected chi connectivity index (χ4v) is 4.39. The Morgan fingerprint density at radius 2 is 1.88 bits per heavy atom.